The lowest BCUT2D eigenvalue weighted by Crippen LogP contribution is -2.46. The topological polar surface area (TPSA) is 80.1 Å². The summed E-state index contributed by atoms with van der Waals surface area (Å²) in [6, 6.07) is 3.59. The molecule has 2 heterocycles. The van der Waals surface area contributed by atoms with Crippen molar-refractivity contribution in [3.63, 3.8) is 0 Å². The normalized spacial score (nSPS) is 20.3. The van der Waals surface area contributed by atoms with E-state index in [9.17, 15) is 13.2 Å². The molecule has 1 aromatic rings. The SMILES string of the molecule is CCCCS(=O)(=O)N(CC(=O)N(Cc1ccco1)C[C@@H]1CCCO1)C1CC1. The number of ether oxygens (including phenoxy) is 1. The predicted octanol–water partition coefficient (Wildman–Crippen LogP) is 2.38. The molecule has 0 radical (unpaired) electrons. The molecule has 152 valence electrons. The Morgan fingerprint density at radius 1 is 1.30 bits per heavy atom. The van der Waals surface area contributed by atoms with Crippen LogP contribution < -0.4 is 0 Å². The lowest BCUT2D eigenvalue weighted by Gasteiger charge is -2.28. The van der Waals surface area contributed by atoms with Gasteiger partial charge >= 0.3 is 0 Å². The number of carbonyl (C=O) groups excluding carboxylic acids is 1. The fraction of sp³-hybridized carbons (Fsp3) is 0.737. The van der Waals surface area contributed by atoms with Crippen LogP contribution in [0.15, 0.2) is 22.8 Å². The summed E-state index contributed by atoms with van der Waals surface area (Å²) in [7, 11) is -3.41. The van der Waals surface area contributed by atoms with Gasteiger partial charge in [0.2, 0.25) is 15.9 Å². The van der Waals surface area contributed by atoms with Crippen LogP contribution in [0.25, 0.3) is 0 Å². The molecule has 1 saturated carbocycles. The molecule has 3 rings (SSSR count). The molecule has 8 heteroatoms. The molecule has 27 heavy (non-hydrogen) atoms. The van der Waals surface area contributed by atoms with Gasteiger partial charge in [-0.1, -0.05) is 13.3 Å². The van der Waals surface area contributed by atoms with Crippen molar-refractivity contribution < 1.29 is 22.4 Å². The molecule has 1 atom stereocenters. The summed E-state index contributed by atoms with van der Waals surface area (Å²) in [5.74, 6) is 0.610. The molecule has 0 bridgehead atoms. The van der Waals surface area contributed by atoms with Gasteiger partial charge in [-0.3, -0.25) is 4.79 Å². The molecule has 1 aliphatic heterocycles. The van der Waals surface area contributed by atoms with E-state index in [0.717, 1.165) is 32.1 Å². The zero-order chi connectivity index (χ0) is 19.3. The highest BCUT2D eigenvalue weighted by Crippen LogP contribution is 2.30. The molecule has 2 aliphatic rings. The second-order valence-electron chi connectivity index (χ2n) is 7.43. The molecule has 7 nitrogen and oxygen atoms in total. The Kier molecular flexibility index (Phi) is 6.94. The first kappa shape index (κ1) is 20.4. The summed E-state index contributed by atoms with van der Waals surface area (Å²) < 4.78 is 37.9. The molecule has 2 fully saturated rings. The molecule has 1 amide bonds. The maximum atomic E-state index is 13.0. The maximum absolute atomic E-state index is 13.0. The van der Waals surface area contributed by atoms with E-state index in [-0.39, 0.29) is 30.4 Å². The van der Waals surface area contributed by atoms with E-state index in [1.807, 2.05) is 13.0 Å². The number of rotatable bonds is 11. The molecular weight excluding hydrogens is 368 g/mol. The zero-order valence-electron chi connectivity index (χ0n) is 16.0. The van der Waals surface area contributed by atoms with Crippen LogP contribution in [0.3, 0.4) is 0 Å². The van der Waals surface area contributed by atoms with Crippen LogP contribution in [0, 0.1) is 0 Å². The second-order valence-corrected chi connectivity index (χ2v) is 9.48. The Morgan fingerprint density at radius 2 is 2.11 bits per heavy atom. The van der Waals surface area contributed by atoms with E-state index in [4.69, 9.17) is 9.15 Å². The third-order valence-corrected chi connectivity index (χ3v) is 7.03. The fourth-order valence-electron chi connectivity index (χ4n) is 3.37. The van der Waals surface area contributed by atoms with Crippen molar-refractivity contribution in [2.24, 2.45) is 0 Å². The summed E-state index contributed by atoms with van der Waals surface area (Å²) in [5, 5.41) is 0. The van der Waals surface area contributed by atoms with Gasteiger partial charge in [-0.2, -0.15) is 4.31 Å². The third-order valence-electron chi connectivity index (χ3n) is 5.09. The van der Waals surface area contributed by atoms with Gasteiger partial charge in [-0.05, 0) is 44.2 Å². The summed E-state index contributed by atoms with van der Waals surface area (Å²) in [6.07, 6.45) is 6.60. The second kappa shape index (κ2) is 9.21. The van der Waals surface area contributed by atoms with E-state index >= 15 is 0 Å². The Hall–Kier alpha value is -1.38. The number of unbranched alkanes of at least 4 members (excludes halogenated alkanes) is 1. The highest BCUT2D eigenvalue weighted by molar-refractivity contribution is 7.89. The number of nitrogens with zero attached hydrogens (tertiary/aromatic N) is 2. The summed E-state index contributed by atoms with van der Waals surface area (Å²) >= 11 is 0. The third kappa shape index (κ3) is 5.80. The highest BCUT2D eigenvalue weighted by atomic mass is 32.2. The van der Waals surface area contributed by atoms with Crippen molar-refractivity contribution >= 4 is 15.9 Å². The molecule has 1 saturated heterocycles. The molecular formula is C19H30N2O5S. The van der Waals surface area contributed by atoms with Gasteiger partial charge in [0.1, 0.15) is 5.76 Å². The Balaban J connectivity index is 1.69. The van der Waals surface area contributed by atoms with Gasteiger partial charge in [-0.25, -0.2) is 8.42 Å². The lowest BCUT2D eigenvalue weighted by atomic mass is 10.2. The fourth-order valence-corrected chi connectivity index (χ4v) is 5.23. The van der Waals surface area contributed by atoms with Gasteiger partial charge in [0.25, 0.3) is 0 Å². The van der Waals surface area contributed by atoms with Crippen molar-refractivity contribution in [3.8, 4) is 0 Å². The van der Waals surface area contributed by atoms with E-state index < -0.39 is 10.0 Å². The van der Waals surface area contributed by atoms with Crippen molar-refractivity contribution in [3.05, 3.63) is 24.2 Å². The van der Waals surface area contributed by atoms with Gasteiger partial charge in [0, 0.05) is 19.2 Å². The number of carbonyl (C=O) groups is 1. The van der Waals surface area contributed by atoms with Gasteiger partial charge in [-0.15, -0.1) is 0 Å². The molecule has 0 unspecified atom stereocenters. The van der Waals surface area contributed by atoms with Gasteiger partial charge in [0.15, 0.2) is 0 Å². The molecule has 0 aromatic carbocycles. The van der Waals surface area contributed by atoms with E-state index in [2.05, 4.69) is 0 Å². The van der Waals surface area contributed by atoms with Crippen LogP contribution in [0.1, 0.15) is 51.2 Å². The average molecular weight is 399 g/mol. The van der Waals surface area contributed by atoms with Crippen LogP contribution in [-0.2, 0) is 26.1 Å². The molecule has 1 aromatic heterocycles. The summed E-state index contributed by atoms with van der Waals surface area (Å²) in [4.78, 5) is 14.7. The first-order chi connectivity index (χ1) is 13.0. The lowest BCUT2D eigenvalue weighted by molar-refractivity contribution is -0.134. The largest absolute Gasteiger partial charge is 0.467 e. The summed E-state index contributed by atoms with van der Waals surface area (Å²) in [6.45, 7) is 3.39. The van der Waals surface area contributed by atoms with Gasteiger partial charge in [0.05, 0.1) is 31.2 Å². The van der Waals surface area contributed by atoms with Crippen molar-refractivity contribution in [1.82, 2.24) is 9.21 Å². The van der Waals surface area contributed by atoms with Gasteiger partial charge < -0.3 is 14.1 Å². The number of hydrogen-bond donors (Lipinski definition) is 0. The Bertz CT molecular complexity index is 694. The highest BCUT2D eigenvalue weighted by Gasteiger charge is 2.39. The Labute approximate surface area is 161 Å². The monoisotopic (exact) mass is 398 g/mol. The Morgan fingerprint density at radius 3 is 2.70 bits per heavy atom. The van der Waals surface area contributed by atoms with Crippen molar-refractivity contribution in [2.45, 2.75) is 64.1 Å². The average Bonchev–Trinajstić information content (AvgIpc) is 3.10. The minimum absolute atomic E-state index is 0.00925. The smallest absolute Gasteiger partial charge is 0.238 e. The van der Waals surface area contributed by atoms with E-state index in [1.165, 1.54) is 4.31 Å². The first-order valence-electron chi connectivity index (χ1n) is 9.91. The van der Waals surface area contributed by atoms with Crippen LogP contribution in [0.5, 0.6) is 0 Å². The number of sulfonamides is 1. The molecule has 0 spiro atoms. The number of furan rings is 1. The van der Waals surface area contributed by atoms with Crippen molar-refractivity contribution in [2.75, 3.05) is 25.4 Å². The minimum Gasteiger partial charge on any atom is -0.467 e. The quantitative estimate of drug-likeness (QED) is 0.572. The minimum atomic E-state index is -3.41. The van der Waals surface area contributed by atoms with Crippen LogP contribution in [0.4, 0.5) is 0 Å². The maximum Gasteiger partial charge on any atom is 0.238 e. The van der Waals surface area contributed by atoms with Crippen molar-refractivity contribution in [1.29, 1.82) is 0 Å². The molecule has 1 aliphatic carbocycles. The number of hydrogen-bond acceptors (Lipinski definition) is 5. The summed E-state index contributed by atoms with van der Waals surface area (Å²) in [5.41, 5.74) is 0. The number of amides is 1. The standard InChI is InChI=1S/C19H30N2O5S/c1-2-3-12-27(23,24)21(16-8-9-16)15-19(22)20(13-17-6-4-10-25-17)14-18-7-5-11-26-18/h4,6,10,16,18H,2-3,5,7-9,11-15H2,1H3/t18-/m0/s1. The van der Waals surface area contributed by atoms with Crippen LogP contribution in [0.2, 0.25) is 0 Å². The van der Waals surface area contributed by atoms with Crippen LogP contribution >= 0.6 is 0 Å². The molecule has 0 N–H and O–H groups in total. The predicted molar refractivity (Wildman–Crippen MR) is 102 cm³/mol. The van der Waals surface area contributed by atoms with E-state index in [1.54, 1.807) is 17.2 Å². The van der Waals surface area contributed by atoms with E-state index in [0.29, 0.717) is 31.9 Å². The first-order valence-corrected chi connectivity index (χ1v) is 11.5. The van der Waals surface area contributed by atoms with Crippen LogP contribution in [-0.4, -0.2) is 61.1 Å². The zero-order valence-corrected chi connectivity index (χ0v) is 16.8.